The molecule has 2 aliphatic heterocycles. The van der Waals surface area contributed by atoms with E-state index >= 15 is 0 Å². The molecule has 4 heterocycles. The van der Waals surface area contributed by atoms with Crippen LogP contribution in [0.25, 0.3) is 11.2 Å². The van der Waals surface area contributed by atoms with Gasteiger partial charge in [-0.3, -0.25) is 5.41 Å². The molecule has 1 saturated heterocycles. The number of halogens is 1. The SMILES string of the molecule is CC(C)(C)N(C(=O)O)C(CCn1cnc(=N)c2[nH]c(Sc3cc4c(cc3Br)OCO4)nc21)C1CCSCC1. The molecule has 204 valence electrons. The number of carbonyl (C=O) groups is 1. The van der Waals surface area contributed by atoms with E-state index in [2.05, 4.69) is 25.9 Å². The van der Waals surface area contributed by atoms with Crippen molar-refractivity contribution in [2.75, 3.05) is 18.3 Å². The second-order valence-corrected chi connectivity index (χ2v) is 13.5. The molecule has 5 rings (SSSR count). The predicted molar refractivity (Wildman–Crippen MR) is 150 cm³/mol. The molecule has 2 aromatic heterocycles. The smallest absolute Gasteiger partial charge is 0.407 e. The van der Waals surface area contributed by atoms with Crippen molar-refractivity contribution in [3.63, 3.8) is 0 Å². The maximum atomic E-state index is 12.4. The Morgan fingerprint density at radius 2 is 2.05 bits per heavy atom. The largest absolute Gasteiger partial charge is 0.465 e. The van der Waals surface area contributed by atoms with Gasteiger partial charge >= 0.3 is 6.09 Å². The van der Waals surface area contributed by atoms with Gasteiger partial charge in [0.25, 0.3) is 0 Å². The van der Waals surface area contributed by atoms with Crippen LogP contribution in [0.4, 0.5) is 4.79 Å². The number of aromatic nitrogens is 4. The third-order valence-corrected chi connectivity index (χ3v) is 9.78. The molecule has 3 aromatic rings. The van der Waals surface area contributed by atoms with Crippen LogP contribution >= 0.6 is 39.5 Å². The zero-order valence-electron chi connectivity index (χ0n) is 21.5. The van der Waals surface area contributed by atoms with Gasteiger partial charge in [0.05, 0.1) is 6.33 Å². The van der Waals surface area contributed by atoms with E-state index in [1.165, 1.54) is 11.8 Å². The van der Waals surface area contributed by atoms with Gasteiger partial charge in [0.2, 0.25) is 6.79 Å². The van der Waals surface area contributed by atoms with Gasteiger partial charge in [0, 0.05) is 27.5 Å². The van der Waals surface area contributed by atoms with Gasteiger partial charge in [0.1, 0.15) is 5.52 Å². The summed E-state index contributed by atoms with van der Waals surface area (Å²) in [6.07, 6.45) is 3.40. The van der Waals surface area contributed by atoms with E-state index in [0.29, 0.717) is 46.7 Å². The van der Waals surface area contributed by atoms with E-state index in [1.54, 1.807) is 11.2 Å². The number of carboxylic acid groups (broad SMARTS) is 1. The summed E-state index contributed by atoms with van der Waals surface area (Å²) in [7, 11) is 0. The lowest BCUT2D eigenvalue weighted by atomic mass is 9.87. The average Bonchev–Trinajstić information content (AvgIpc) is 3.49. The van der Waals surface area contributed by atoms with Crippen LogP contribution in [0.1, 0.15) is 40.0 Å². The summed E-state index contributed by atoms with van der Waals surface area (Å²) in [5, 5.41) is 19.1. The number of nitrogens with zero attached hydrogens (tertiary/aromatic N) is 4. The van der Waals surface area contributed by atoms with Crippen molar-refractivity contribution in [2.24, 2.45) is 5.92 Å². The molecule has 10 nitrogen and oxygen atoms in total. The number of thioether (sulfide) groups is 1. The van der Waals surface area contributed by atoms with Crippen molar-refractivity contribution >= 4 is 56.7 Å². The van der Waals surface area contributed by atoms with Gasteiger partial charge in [-0.2, -0.15) is 11.8 Å². The molecule has 2 aliphatic rings. The molecule has 38 heavy (non-hydrogen) atoms. The Hall–Kier alpha value is -2.38. The van der Waals surface area contributed by atoms with Crippen LogP contribution in [0, 0.1) is 11.3 Å². The third kappa shape index (κ3) is 5.64. The number of aryl methyl sites for hydroxylation is 1. The van der Waals surface area contributed by atoms with Crippen LogP contribution in [0.3, 0.4) is 0 Å². The Bertz CT molecular complexity index is 1400. The first-order valence-corrected chi connectivity index (χ1v) is 15.2. The summed E-state index contributed by atoms with van der Waals surface area (Å²) >= 11 is 6.95. The molecule has 0 bridgehead atoms. The monoisotopic (exact) mass is 622 g/mol. The van der Waals surface area contributed by atoms with Crippen LogP contribution in [-0.4, -0.2) is 65.5 Å². The number of fused-ring (bicyclic) bond motifs is 2. The first-order chi connectivity index (χ1) is 18.1. The van der Waals surface area contributed by atoms with Crippen molar-refractivity contribution in [2.45, 2.75) is 68.2 Å². The normalized spacial score (nSPS) is 16.6. The van der Waals surface area contributed by atoms with E-state index in [1.807, 2.05) is 49.2 Å². The van der Waals surface area contributed by atoms with E-state index in [4.69, 9.17) is 19.9 Å². The number of hydrogen-bond donors (Lipinski definition) is 3. The van der Waals surface area contributed by atoms with Gasteiger partial charge in [-0.05, 0) is 85.5 Å². The number of ether oxygens (including phenoxy) is 2. The number of imidazole rings is 1. The number of hydrogen-bond acceptors (Lipinski definition) is 8. The highest BCUT2D eigenvalue weighted by atomic mass is 79.9. The minimum Gasteiger partial charge on any atom is -0.465 e. The Labute approximate surface area is 237 Å². The fourth-order valence-electron chi connectivity index (χ4n) is 5.13. The molecule has 13 heteroatoms. The average molecular weight is 624 g/mol. The summed E-state index contributed by atoms with van der Waals surface area (Å²) in [6.45, 7) is 6.61. The Balaban J connectivity index is 1.43. The molecule has 1 atom stereocenters. The van der Waals surface area contributed by atoms with E-state index in [9.17, 15) is 9.90 Å². The minimum absolute atomic E-state index is 0.114. The van der Waals surface area contributed by atoms with E-state index in [-0.39, 0.29) is 18.3 Å². The van der Waals surface area contributed by atoms with Crippen molar-refractivity contribution in [1.29, 1.82) is 5.41 Å². The lowest BCUT2D eigenvalue weighted by molar-refractivity contribution is 0.0410. The van der Waals surface area contributed by atoms with Gasteiger partial charge < -0.3 is 29.0 Å². The number of H-pyrrole nitrogens is 1. The third-order valence-electron chi connectivity index (χ3n) is 6.87. The molecule has 1 amide bonds. The number of rotatable bonds is 7. The topological polar surface area (TPSA) is 129 Å². The molecule has 0 saturated carbocycles. The highest BCUT2D eigenvalue weighted by molar-refractivity contribution is 9.10. The summed E-state index contributed by atoms with van der Waals surface area (Å²) < 4.78 is 13.7. The maximum Gasteiger partial charge on any atom is 0.407 e. The zero-order chi connectivity index (χ0) is 27.0. The molecule has 3 N–H and O–H groups in total. The second kappa shape index (κ2) is 11.0. The summed E-state index contributed by atoms with van der Waals surface area (Å²) in [5.41, 5.74) is 0.768. The summed E-state index contributed by atoms with van der Waals surface area (Å²) in [6, 6.07) is 3.65. The predicted octanol–water partition coefficient (Wildman–Crippen LogP) is 5.56. The molecule has 1 unspecified atom stereocenters. The van der Waals surface area contributed by atoms with Crippen molar-refractivity contribution in [3.05, 3.63) is 28.4 Å². The minimum atomic E-state index is -0.886. The fraction of sp³-hybridized carbons (Fsp3) is 0.520. The lowest BCUT2D eigenvalue weighted by Crippen LogP contribution is -2.54. The van der Waals surface area contributed by atoms with E-state index < -0.39 is 11.6 Å². The van der Waals surface area contributed by atoms with Crippen molar-refractivity contribution in [3.8, 4) is 11.5 Å². The van der Waals surface area contributed by atoms with Crippen molar-refractivity contribution < 1.29 is 19.4 Å². The number of aromatic amines is 1. The standard InChI is InChI=1S/C25H31BrN6O4S2/c1-25(2,3)32(24(33)34)16(14-5-8-37-9-6-14)4-7-31-12-28-21(27)20-22(31)30-23(29-20)38-19-11-18-17(10-15(19)26)35-13-36-18/h10-12,14,16,27H,4-9,13H2,1-3H3,(H,29,30)(H,33,34). The molecule has 1 fully saturated rings. The van der Waals surface area contributed by atoms with Crippen molar-refractivity contribution in [1.82, 2.24) is 24.4 Å². The van der Waals surface area contributed by atoms with Crippen LogP contribution < -0.4 is 15.0 Å². The van der Waals surface area contributed by atoms with Gasteiger partial charge in [-0.25, -0.2) is 14.8 Å². The number of benzene rings is 1. The molecule has 1 aromatic carbocycles. The summed E-state index contributed by atoms with van der Waals surface area (Å²) in [4.78, 5) is 27.3. The number of amides is 1. The summed E-state index contributed by atoms with van der Waals surface area (Å²) in [5.74, 6) is 3.79. The van der Waals surface area contributed by atoms with Crippen LogP contribution in [0.15, 0.2) is 33.0 Å². The lowest BCUT2D eigenvalue weighted by Gasteiger charge is -2.44. The van der Waals surface area contributed by atoms with Crippen LogP contribution in [0.2, 0.25) is 0 Å². The molecule has 0 spiro atoms. The van der Waals surface area contributed by atoms with Gasteiger partial charge in [0.15, 0.2) is 27.8 Å². The molecule has 0 aliphatic carbocycles. The first kappa shape index (κ1) is 27.2. The second-order valence-electron chi connectivity index (χ2n) is 10.4. The van der Waals surface area contributed by atoms with Crippen LogP contribution in [0.5, 0.6) is 11.5 Å². The van der Waals surface area contributed by atoms with E-state index in [0.717, 1.165) is 33.7 Å². The molecular weight excluding hydrogens is 592 g/mol. The highest BCUT2D eigenvalue weighted by Crippen LogP contribution is 2.42. The maximum absolute atomic E-state index is 12.4. The highest BCUT2D eigenvalue weighted by Gasteiger charge is 2.38. The fourth-order valence-corrected chi connectivity index (χ4v) is 7.65. The Kier molecular flexibility index (Phi) is 7.88. The number of nitrogens with one attached hydrogen (secondary N) is 2. The van der Waals surface area contributed by atoms with Gasteiger partial charge in [-0.15, -0.1) is 0 Å². The molecular formula is C25H31BrN6O4S2. The Morgan fingerprint density at radius 1 is 1.34 bits per heavy atom. The Morgan fingerprint density at radius 3 is 2.74 bits per heavy atom. The van der Waals surface area contributed by atoms with Crippen LogP contribution in [-0.2, 0) is 6.54 Å². The quantitative estimate of drug-likeness (QED) is 0.312. The first-order valence-electron chi connectivity index (χ1n) is 12.5. The molecule has 0 radical (unpaired) electrons. The zero-order valence-corrected chi connectivity index (χ0v) is 24.7. The van der Waals surface area contributed by atoms with Gasteiger partial charge in [-0.1, -0.05) is 11.8 Å².